The third-order valence-electron chi connectivity index (χ3n) is 5.52. The number of fused-ring (bicyclic) bond motifs is 7. The fourth-order valence-electron chi connectivity index (χ4n) is 4.39. The molecular formula is C22H19N. The van der Waals surface area contributed by atoms with Gasteiger partial charge in [0, 0.05) is 6.04 Å². The Hall–Kier alpha value is -2.38. The summed E-state index contributed by atoms with van der Waals surface area (Å²) < 4.78 is 0. The van der Waals surface area contributed by atoms with Crippen molar-refractivity contribution < 1.29 is 0 Å². The second-order valence-corrected chi connectivity index (χ2v) is 6.85. The van der Waals surface area contributed by atoms with Crippen molar-refractivity contribution in [3.8, 4) is 11.1 Å². The first-order valence-corrected chi connectivity index (χ1v) is 8.32. The summed E-state index contributed by atoms with van der Waals surface area (Å²) in [4.78, 5) is 0. The Labute approximate surface area is 137 Å². The molecule has 0 aliphatic carbocycles. The van der Waals surface area contributed by atoms with Gasteiger partial charge in [-0.15, -0.1) is 0 Å². The van der Waals surface area contributed by atoms with Crippen molar-refractivity contribution >= 4 is 0 Å². The Bertz CT molecular complexity index is 897. The highest BCUT2D eigenvalue weighted by molar-refractivity contribution is 5.67. The number of rotatable bonds is 1. The van der Waals surface area contributed by atoms with E-state index in [9.17, 15) is 0 Å². The maximum Gasteiger partial charge on any atom is 0.0672 e. The van der Waals surface area contributed by atoms with Crippen LogP contribution in [-0.4, -0.2) is 0 Å². The van der Waals surface area contributed by atoms with Crippen molar-refractivity contribution in [2.24, 2.45) is 0 Å². The van der Waals surface area contributed by atoms with E-state index in [1.165, 1.54) is 33.4 Å². The molecule has 2 atom stereocenters. The maximum absolute atomic E-state index is 3.87. The number of benzene rings is 3. The minimum absolute atomic E-state index is 0.0698. The van der Waals surface area contributed by atoms with Crippen molar-refractivity contribution in [3.63, 3.8) is 0 Å². The van der Waals surface area contributed by atoms with Gasteiger partial charge in [0.05, 0.1) is 5.54 Å². The van der Waals surface area contributed by atoms with Crippen molar-refractivity contribution in [2.75, 3.05) is 0 Å². The monoisotopic (exact) mass is 297 g/mol. The summed E-state index contributed by atoms with van der Waals surface area (Å²) in [6.07, 6.45) is 1.08. The van der Waals surface area contributed by atoms with Crippen LogP contribution in [0.2, 0.25) is 0 Å². The van der Waals surface area contributed by atoms with Crippen LogP contribution in [0, 0.1) is 0 Å². The first-order valence-electron chi connectivity index (χ1n) is 8.32. The highest BCUT2D eigenvalue weighted by Gasteiger charge is 2.45. The highest BCUT2D eigenvalue weighted by atomic mass is 15.1. The Balaban J connectivity index is 1.72. The summed E-state index contributed by atoms with van der Waals surface area (Å²) >= 11 is 0. The number of hydrogen-bond acceptors (Lipinski definition) is 1. The van der Waals surface area contributed by atoms with E-state index in [0.29, 0.717) is 6.04 Å². The van der Waals surface area contributed by atoms with Gasteiger partial charge in [-0.25, -0.2) is 0 Å². The van der Waals surface area contributed by atoms with Gasteiger partial charge in [0.2, 0.25) is 0 Å². The molecule has 0 fully saturated rings. The Morgan fingerprint density at radius 2 is 1.61 bits per heavy atom. The van der Waals surface area contributed by atoms with Crippen LogP contribution < -0.4 is 5.32 Å². The summed E-state index contributed by atoms with van der Waals surface area (Å²) in [5.41, 5.74) is 8.33. The molecule has 1 N–H and O–H groups in total. The average Bonchev–Trinajstić information content (AvgIpc) is 2.85. The van der Waals surface area contributed by atoms with Crippen molar-refractivity contribution in [3.05, 3.63) is 95.1 Å². The van der Waals surface area contributed by atoms with Gasteiger partial charge in [0.15, 0.2) is 0 Å². The predicted molar refractivity (Wildman–Crippen MR) is 94.4 cm³/mol. The zero-order valence-electron chi connectivity index (χ0n) is 13.2. The molecule has 1 nitrogen and oxygen atoms in total. The topological polar surface area (TPSA) is 12.0 Å². The van der Waals surface area contributed by atoms with Crippen LogP contribution in [-0.2, 0) is 12.0 Å². The van der Waals surface area contributed by atoms with Gasteiger partial charge < -0.3 is 0 Å². The summed E-state index contributed by atoms with van der Waals surface area (Å²) in [6, 6.07) is 27.0. The van der Waals surface area contributed by atoms with Gasteiger partial charge in [-0.05, 0) is 52.8 Å². The molecule has 112 valence electrons. The van der Waals surface area contributed by atoms with E-state index in [-0.39, 0.29) is 5.54 Å². The number of hydrogen-bond donors (Lipinski definition) is 1. The standard InChI is InChI=1S/C22H19N/c1-22-19-10-6-5-9-18(19)21(23-22)14-17-12-11-16(13-20(17)22)15-7-3-2-4-8-15/h2-13,21,23H,14H2,1H3. The molecule has 0 radical (unpaired) electrons. The highest BCUT2D eigenvalue weighted by Crippen LogP contribution is 2.48. The van der Waals surface area contributed by atoms with Crippen LogP contribution in [0.25, 0.3) is 11.1 Å². The van der Waals surface area contributed by atoms with Crippen LogP contribution >= 0.6 is 0 Å². The second kappa shape index (κ2) is 4.56. The Kier molecular flexibility index (Phi) is 2.60. The first-order chi connectivity index (χ1) is 11.3. The average molecular weight is 297 g/mol. The molecule has 0 saturated carbocycles. The van der Waals surface area contributed by atoms with Crippen molar-refractivity contribution in [2.45, 2.75) is 24.9 Å². The third-order valence-corrected chi connectivity index (χ3v) is 5.52. The molecule has 0 aromatic heterocycles. The molecule has 2 heterocycles. The molecular weight excluding hydrogens is 278 g/mol. The quantitative estimate of drug-likeness (QED) is 0.679. The molecule has 1 heteroatoms. The van der Waals surface area contributed by atoms with Gasteiger partial charge in [-0.1, -0.05) is 66.7 Å². The lowest BCUT2D eigenvalue weighted by Gasteiger charge is -2.35. The third kappa shape index (κ3) is 1.77. The van der Waals surface area contributed by atoms with Crippen molar-refractivity contribution in [1.82, 2.24) is 5.32 Å². The number of nitrogens with one attached hydrogen (secondary N) is 1. The molecule has 2 bridgehead atoms. The molecule has 2 aliphatic rings. The molecule has 2 unspecified atom stereocenters. The van der Waals surface area contributed by atoms with Crippen molar-refractivity contribution in [1.29, 1.82) is 0 Å². The zero-order chi connectivity index (χ0) is 15.4. The van der Waals surface area contributed by atoms with Gasteiger partial charge >= 0.3 is 0 Å². The molecule has 0 amide bonds. The minimum Gasteiger partial charge on any atom is -0.297 e. The van der Waals surface area contributed by atoms with E-state index in [4.69, 9.17) is 0 Å². The van der Waals surface area contributed by atoms with E-state index in [1.807, 2.05) is 0 Å². The van der Waals surface area contributed by atoms with Crippen LogP contribution in [0.1, 0.15) is 35.2 Å². The lowest BCUT2D eigenvalue weighted by atomic mass is 9.81. The molecule has 0 saturated heterocycles. The second-order valence-electron chi connectivity index (χ2n) is 6.85. The van der Waals surface area contributed by atoms with Crippen LogP contribution in [0.4, 0.5) is 0 Å². The van der Waals surface area contributed by atoms with E-state index in [0.717, 1.165) is 6.42 Å². The zero-order valence-corrected chi connectivity index (χ0v) is 13.2. The lowest BCUT2D eigenvalue weighted by molar-refractivity contribution is 0.389. The normalized spacial score (nSPS) is 24.1. The van der Waals surface area contributed by atoms with Crippen LogP contribution in [0.15, 0.2) is 72.8 Å². The van der Waals surface area contributed by atoms with Gasteiger partial charge in [0.1, 0.15) is 0 Å². The van der Waals surface area contributed by atoms with Gasteiger partial charge in [-0.3, -0.25) is 5.32 Å². The molecule has 23 heavy (non-hydrogen) atoms. The Morgan fingerprint density at radius 3 is 2.48 bits per heavy atom. The summed E-state index contributed by atoms with van der Waals surface area (Å²) in [7, 11) is 0. The molecule has 0 spiro atoms. The summed E-state index contributed by atoms with van der Waals surface area (Å²) in [5.74, 6) is 0. The SMILES string of the molecule is CC12NC(Cc3ccc(-c4ccccc4)cc31)c1ccccc12. The van der Waals surface area contributed by atoms with Gasteiger partial charge in [-0.2, -0.15) is 0 Å². The van der Waals surface area contributed by atoms with E-state index in [2.05, 4.69) is 85.0 Å². The molecule has 2 aliphatic heterocycles. The summed E-state index contributed by atoms with van der Waals surface area (Å²) in [6.45, 7) is 2.33. The smallest absolute Gasteiger partial charge is 0.0672 e. The molecule has 5 rings (SSSR count). The predicted octanol–water partition coefficient (Wildman–Crippen LogP) is 4.82. The molecule has 3 aromatic carbocycles. The lowest BCUT2D eigenvalue weighted by Crippen LogP contribution is -2.41. The maximum atomic E-state index is 3.87. The fourth-order valence-corrected chi connectivity index (χ4v) is 4.39. The minimum atomic E-state index is -0.0698. The summed E-state index contributed by atoms with van der Waals surface area (Å²) in [5, 5.41) is 3.87. The van der Waals surface area contributed by atoms with Gasteiger partial charge in [0.25, 0.3) is 0 Å². The van der Waals surface area contributed by atoms with E-state index in [1.54, 1.807) is 0 Å². The first kappa shape index (κ1) is 13.1. The Morgan fingerprint density at radius 1 is 0.826 bits per heavy atom. The van der Waals surface area contributed by atoms with E-state index < -0.39 is 0 Å². The van der Waals surface area contributed by atoms with Crippen LogP contribution in [0.3, 0.4) is 0 Å². The van der Waals surface area contributed by atoms with E-state index >= 15 is 0 Å². The molecule has 3 aromatic rings. The van der Waals surface area contributed by atoms with Crippen LogP contribution in [0.5, 0.6) is 0 Å². The largest absolute Gasteiger partial charge is 0.297 e. The fraction of sp³-hybridized carbons (Fsp3) is 0.182.